The molecule has 0 radical (unpaired) electrons. The number of carbonyl (C=O) groups excluding carboxylic acids is 1. The molecule has 6 nitrogen and oxygen atoms in total. The van der Waals surface area contributed by atoms with Crippen molar-refractivity contribution in [2.24, 2.45) is 0 Å². The average molecular weight is 204 g/mol. The second kappa shape index (κ2) is 3.95. The molecule has 0 amide bonds. The number of carbonyl (C=O) groups is 1. The summed E-state index contributed by atoms with van der Waals surface area (Å²) < 4.78 is 4.76. The van der Waals surface area contributed by atoms with Crippen LogP contribution in [-0.4, -0.2) is 32.5 Å². The fraction of sp³-hybridized carbons (Fsp3) is 0.222. The molecule has 0 bridgehead atoms. The molecule has 0 aliphatic carbocycles. The topological polar surface area (TPSA) is 77.9 Å². The maximum absolute atomic E-state index is 11.3. The molecule has 2 aromatic rings. The summed E-state index contributed by atoms with van der Waals surface area (Å²) in [5.74, 6) is -0.546. The fourth-order valence-corrected chi connectivity index (χ4v) is 1.06. The van der Waals surface area contributed by atoms with Crippen molar-refractivity contribution in [1.29, 1.82) is 0 Å². The van der Waals surface area contributed by atoms with E-state index in [1.807, 2.05) is 0 Å². The Balaban J connectivity index is 2.42. The number of fused-ring (bicyclic) bond motifs is 1. The molecule has 0 N–H and O–H groups in total. The van der Waals surface area contributed by atoms with Gasteiger partial charge in [0.15, 0.2) is 5.65 Å². The van der Waals surface area contributed by atoms with Crippen LogP contribution >= 0.6 is 0 Å². The van der Waals surface area contributed by atoms with Gasteiger partial charge in [-0.25, -0.2) is 24.7 Å². The standard InChI is InChI=1S/C9H8N4O2/c1-2-15-9(14)8-12-5-6-7(13-8)11-4-3-10-6/h3-5H,2H2,1H3. The van der Waals surface area contributed by atoms with E-state index < -0.39 is 5.97 Å². The zero-order valence-electron chi connectivity index (χ0n) is 8.04. The van der Waals surface area contributed by atoms with Gasteiger partial charge >= 0.3 is 5.97 Å². The van der Waals surface area contributed by atoms with Crippen LogP contribution < -0.4 is 0 Å². The molecular weight excluding hydrogens is 196 g/mol. The highest BCUT2D eigenvalue weighted by atomic mass is 16.5. The van der Waals surface area contributed by atoms with Crippen molar-refractivity contribution in [3.8, 4) is 0 Å². The third-order valence-corrected chi connectivity index (χ3v) is 1.69. The monoisotopic (exact) mass is 204 g/mol. The Hall–Kier alpha value is -2.11. The third-order valence-electron chi connectivity index (χ3n) is 1.69. The minimum atomic E-state index is -0.551. The van der Waals surface area contributed by atoms with Gasteiger partial charge in [-0.15, -0.1) is 0 Å². The highest BCUT2D eigenvalue weighted by molar-refractivity contribution is 5.86. The summed E-state index contributed by atoms with van der Waals surface area (Å²) in [6.45, 7) is 2.01. The van der Waals surface area contributed by atoms with Crippen LogP contribution in [0, 0.1) is 0 Å². The molecule has 0 aliphatic rings. The molecule has 0 saturated heterocycles. The maximum Gasteiger partial charge on any atom is 0.376 e. The van der Waals surface area contributed by atoms with E-state index >= 15 is 0 Å². The summed E-state index contributed by atoms with van der Waals surface area (Å²) in [6, 6.07) is 0. The van der Waals surface area contributed by atoms with Gasteiger partial charge in [-0.05, 0) is 6.92 Å². The Kier molecular flexibility index (Phi) is 2.49. The largest absolute Gasteiger partial charge is 0.460 e. The summed E-state index contributed by atoms with van der Waals surface area (Å²) in [5.41, 5.74) is 0.932. The van der Waals surface area contributed by atoms with E-state index in [9.17, 15) is 4.79 Å². The van der Waals surface area contributed by atoms with Crippen LogP contribution in [0.4, 0.5) is 0 Å². The van der Waals surface area contributed by atoms with Gasteiger partial charge in [-0.2, -0.15) is 0 Å². The molecule has 0 fully saturated rings. The first-order valence-electron chi connectivity index (χ1n) is 4.42. The van der Waals surface area contributed by atoms with Crippen LogP contribution in [0.1, 0.15) is 17.5 Å². The maximum atomic E-state index is 11.3. The van der Waals surface area contributed by atoms with Crippen LogP contribution in [0.5, 0.6) is 0 Å². The van der Waals surface area contributed by atoms with Crippen molar-refractivity contribution in [2.45, 2.75) is 6.92 Å². The smallest absolute Gasteiger partial charge is 0.376 e. The summed E-state index contributed by atoms with van der Waals surface area (Å²) in [7, 11) is 0. The molecule has 0 unspecified atom stereocenters. The summed E-state index contributed by atoms with van der Waals surface area (Å²) >= 11 is 0. The van der Waals surface area contributed by atoms with Crippen LogP contribution in [0.2, 0.25) is 0 Å². The Morgan fingerprint density at radius 1 is 1.33 bits per heavy atom. The molecule has 0 spiro atoms. The van der Waals surface area contributed by atoms with Crippen molar-refractivity contribution in [3.05, 3.63) is 24.4 Å². The molecule has 2 heterocycles. The number of hydrogen-bond donors (Lipinski definition) is 0. The highest BCUT2D eigenvalue weighted by Gasteiger charge is 2.11. The van der Waals surface area contributed by atoms with E-state index in [1.54, 1.807) is 6.92 Å². The number of esters is 1. The normalized spacial score (nSPS) is 10.2. The predicted octanol–water partition coefficient (Wildman–Crippen LogP) is 0.596. The number of aromatic nitrogens is 4. The van der Waals surface area contributed by atoms with Crippen molar-refractivity contribution >= 4 is 17.1 Å². The van der Waals surface area contributed by atoms with Crippen LogP contribution in [0.3, 0.4) is 0 Å². The van der Waals surface area contributed by atoms with Crippen LogP contribution in [-0.2, 0) is 4.74 Å². The van der Waals surface area contributed by atoms with Gasteiger partial charge in [0.05, 0.1) is 12.8 Å². The van der Waals surface area contributed by atoms with Gasteiger partial charge in [-0.3, -0.25) is 0 Å². The molecule has 0 aliphatic heterocycles. The number of nitrogens with zero attached hydrogens (tertiary/aromatic N) is 4. The molecule has 15 heavy (non-hydrogen) atoms. The highest BCUT2D eigenvalue weighted by Crippen LogP contribution is 2.03. The summed E-state index contributed by atoms with van der Waals surface area (Å²) in [5, 5.41) is 0. The first-order chi connectivity index (χ1) is 7.31. The number of hydrogen-bond acceptors (Lipinski definition) is 6. The molecule has 0 atom stereocenters. The SMILES string of the molecule is CCOC(=O)c1ncc2nccnc2n1. The van der Waals surface area contributed by atoms with Gasteiger partial charge in [0.25, 0.3) is 0 Å². The van der Waals surface area contributed by atoms with E-state index in [4.69, 9.17) is 4.74 Å². The fourth-order valence-electron chi connectivity index (χ4n) is 1.06. The average Bonchev–Trinajstić information content (AvgIpc) is 2.29. The molecule has 2 rings (SSSR count). The second-order valence-corrected chi connectivity index (χ2v) is 2.68. The minimum absolute atomic E-state index is 0.00449. The summed E-state index contributed by atoms with van der Waals surface area (Å²) in [4.78, 5) is 27.0. The van der Waals surface area contributed by atoms with E-state index in [2.05, 4.69) is 19.9 Å². The van der Waals surface area contributed by atoms with Crippen LogP contribution in [0.15, 0.2) is 18.6 Å². The first-order valence-corrected chi connectivity index (χ1v) is 4.42. The molecular formula is C9H8N4O2. The van der Waals surface area contributed by atoms with E-state index in [0.717, 1.165) is 0 Å². The zero-order valence-corrected chi connectivity index (χ0v) is 8.04. The van der Waals surface area contributed by atoms with Crippen molar-refractivity contribution < 1.29 is 9.53 Å². The van der Waals surface area contributed by atoms with Gasteiger partial charge in [0.1, 0.15) is 5.52 Å². The van der Waals surface area contributed by atoms with Gasteiger partial charge in [0.2, 0.25) is 5.82 Å². The van der Waals surface area contributed by atoms with E-state index in [1.165, 1.54) is 18.6 Å². The Morgan fingerprint density at radius 3 is 2.93 bits per heavy atom. The molecule has 2 aromatic heterocycles. The lowest BCUT2D eigenvalue weighted by molar-refractivity contribution is 0.0512. The number of rotatable bonds is 2. The Bertz CT molecular complexity index is 500. The van der Waals surface area contributed by atoms with E-state index in [0.29, 0.717) is 17.8 Å². The van der Waals surface area contributed by atoms with Crippen molar-refractivity contribution in [1.82, 2.24) is 19.9 Å². The lowest BCUT2D eigenvalue weighted by atomic mass is 10.5. The van der Waals surface area contributed by atoms with Crippen LogP contribution in [0.25, 0.3) is 11.2 Å². The van der Waals surface area contributed by atoms with Gasteiger partial charge < -0.3 is 4.74 Å². The summed E-state index contributed by atoms with van der Waals surface area (Å²) in [6.07, 6.45) is 4.49. The molecule has 76 valence electrons. The Labute approximate surface area is 85.4 Å². The number of ether oxygens (including phenoxy) is 1. The van der Waals surface area contributed by atoms with Gasteiger partial charge in [-0.1, -0.05) is 0 Å². The molecule has 6 heteroatoms. The molecule has 0 aromatic carbocycles. The van der Waals surface area contributed by atoms with Crippen molar-refractivity contribution in [2.75, 3.05) is 6.61 Å². The lowest BCUT2D eigenvalue weighted by Gasteiger charge is -2.00. The molecule has 0 saturated carbocycles. The first kappa shape index (κ1) is 9.45. The second-order valence-electron chi connectivity index (χ2n) is 2.68. The third kappa shape index (κ3) is 1.88. The quantitative estimate of drug-likeness (QED) is 0.666. The lowest BCUT2D eigenvalue weighted by Crippen LogP contribution is -2.09. The Morgan fingerprint density at radius 2 is 2.13 bits per heavy atom. The van der Waals surface area contributed by atoms with Gasteiger partial charge in [0, 0.05) is 12.4 Å². The predicted molar refractivity (Wildman–Crippen MR) is 51.1 cm³/mol. The minimum Gasteiger partial charge on any atom is -0.460 e. The van der Waals surface area contributed by atoms with Crippen molar-refractivity contribution in [3.63, 3.8) is 0 Å². The van der Waals surface area contributed by atoms with E-state index in [-0.39, 0.29) is 5.82 Å². The zero-order chi connectivity index (χ0) is 10.7.